The largest absolute Gasteiger partial charge is 0.494 e. The van der Waals surface area contributed by atoms with E-state index in [1.54, 1.807) is 36.3 Å². The van der Waals surface area contributed by atoms with Gasteiger partial charge in [-0.05, 0) is 63.1 Å². The second-order valence-electron chi connectivity index (χ2n) is 9.58. The average Bonchev–Trinajstić information content (AvgIpc) is 3.57. The van der Waals surface area contributed by atoms with Crippen LogP contribution in [0.2, 0.25) is 5.02 Å². The second kappa shape index (κ2) is 11.1. The lowest BCUT2D eigenvalue weighted by Gasteiger charge is -2.34. The molecule has 0 N–H and O–H groups in total. The molecular formula is C26H30ClN3O6S2. The minimum Gasteiger partial charge on any atom is -0.494 e. The second-order valence-corrected chi connectivity index (χ2v) is 12.9. The quantitative estimate of drug-likeness (QED) is 0.404. The summed E-state index contributed by atoms with van der Waals surface area (Å²) in [6.07, 6.45) is 1.26. The predicted molar refractivity (Wildman–Crippen MR) is 147 cm³/mol. The molecule has 3 aromatic rings. The highest BCUT2D eigenvalue weighted by molar-refractivity contribution is 7.89. The normalized spacial score (nSPS) is 22.6. The van der Waals surface area contributed by atoms with Crippen molar-refractivity contribution in [1.82, 2.24) is 9.29 Å². The Morgan fingerprint density at radius 2 is 1.89 bits per heavy atom. The molecule has 2 fully saturated rings. The van der Waals surface area contributed by atoms with Crippen molar-refractivity contribution in [2.75, 3.05) is 38.3 Å². The third kappa shape index (κ3) is 5.41. The summed E-state index contributed by atoms with van der Waals surface area (Å²) in [5.74, 6) is 0.268. The van der Waals surface area contributed by atoms with E-state index >= 15 is 0 Å². The number of thiazole rings is 1. The monoisotopic (exact) mass is 579 g/mol. The summed E-state index contributed by atoms with van der Waals surface area (Å²) in [6.45, 7) is 5.25. The molecule has 3 unspecified atom stereocenters. The Kier molecular flexibility index (Phi) is 7.95. The van der Waals surface area contributed by atoms with Gasteiger partial charge in [-0.1, -0.05) is 22.9 Å². The van der Waals surface area contributed by atoms with Crippen molar-refractivity contribution in [3.63, 3.8) is 0 Å². The number of sulfonamides is 1. The van der Waals surface area contributed by atoms with Gasteiger partial charge in [-0.3, -0.25) is 9.69 Å². The molecule has 3 atom stereocenters. The van der Waals surface area contributed by atoms with E-state index < -0.39 is 10.0 Å². The summed E-state index contributed by atoms with van der Waals surface area (Å²) < 4.78 is 45.6. The van der Waals surface area contributed by atoms with E-state index in [-0.39, 0.29) is 42.2 Å². The number of halogens is 1. The summed E-state index contributed by atoms with van der Waals surface area (Å²) in [5.41, 5.74) is 0.934. The number of ether oxygens (including phenoxy) is 3. The van der Waals surface area contributed by atoms with E-state index in [0.29, 0.717) is 40.1 Å². The van der Waals surface area contributed by atoms with E-state index in [2.05, 4.69) is 0 Å². The highest BCUT2D eigenvalue weighted by Gasteiger charge is 2.33. The zero-order valence-corrected chi connectivity index (χ0v) is 23.8. The number of fused-ring (bicyclic) bond motifs is 1. The number of hydrogen-bond donors (Lipinski definition) is 0. The fourth-order valence-corrected chi connectivity index (χ4v) is 7.72. The Balaban J connectivity index is 1.45. The summed E-state index contributed by atoms with van der Waals surface area (Å²) in [7, 11) is -2.16. The van der Waals surface area contributed by atoms with Gasteiger partial charge in [-0.25, -0.2) is 13.4 Å². The molecule has 2 aliphatic heterocycles. The fraction of sp³-hybridized carbons (Fsp3) is 0.462. The van der Waals surface area contributed by atoms with Crippen molar-refractivity contribution >= 4 is 54.2 Å². The highest BCUT2D eigenvalue weighted by atomic mass is 35.5. The summed E-state index contributed by atoms with van der Waals surface area (Å²) >= 11 is 7.74. The van der Waals surface area contributed by atoms with Gasteiger partial charge >= 0.3 is 0 Å². The van der Waals surface area contributed by atoms with Crippen LogP contribution >= 0.6 is 22.9 Å². The number of benzene rings is 2. The summed E-state index contributed by atoms with van der Waals surface area (Å²) in [4.78, 5) is 20.2. The molecule has 0 saturated carbocycles. The number of carbonyl (C=O) groups is 1. The molecule has 1 aromatic heterocycles. The minimum absolute atomic E-state index is 0.117. The molecular weight excluding hydrogens is 550 g/mol. The Morgan fingerprint density at radius 3 is 2.53 bits per heavy atom. The van der Waals surface area contributed by atoms with Gasteiger partial charge in [-0.15, -0.1) is 0 Å². The van der Waals surface area contributed by atoms with Gasteiger partial charge in [0.05, 0.1) is 46.6 Å². The van der Waals surface area contributed by atoms with Crippen molar-refractivity contribution in [2.45, 2.75) is 49.9 Å². The number of aromatic nitrogens is 1. The number of nitrogens with zero attached hydrogens (tertiary/aromatic N) is 3. The van der Waals surface area contributed by atoms with Crippen molar-refractivity contribution in [1.29, 1.82) is 0 Å². The molecule has 1 amide bonds. The van der Waals surface area contributed by atoms with Crippen LogP contribution < -0.4 is 9.64 Å². The maximum absolute atomic E-state index is 13.8. The molecule has 9 nitrogen and oxygen atoms in total. The van der Waals surface area contributed by atoms with Gasteiger partial charge in [0.15, 0.2) is 5.13 Å². The van der Waals surface area contributed by atoms with Crippen molar-refractivity contribution in [3.05, 3.63) is 47.0 Å². The van der Waals surface area contributed by atoms with Gasteiger partial charge in [0, 0.05) is 25.3 Å². The first-order chi connectivity index (χ1) is 18.2. The Hall–Kier alpha value is -2.28. The molecule has 12 heteroatoms. The first-order valence-corrected chi connectivity index (χ1v) is 15.1. The van der Waals surface area contributed by atoms with Crippen LogP contribution in [0.15, 0.2) is 41.3 Å². The molecule has 38 heavy (non-hydrogen) atoms. The van der Waals surface area contributed by atoms with Crippen LogP contribution in [-0.2, 0) is 19.5 Å². The third-order valence-corrected chi connectivity index (χ3v) is 10.1. The maximum Gasteiger partial charge on any atom is 0.260 e. The SMILES string of the molecule is COc1ccc(Cl)c2sc(N(CC3CCCO3)C(=O)c3ccc(S(=O)(=O)N4CC(C)OC(C)C4)cc3)nc12. The van der Waals surface area contributed by atoms with Gasteiger partial charge in [-0.2, -0.15) is 4.31 Å². The smallest absolute Gasteiger partial charge is 0.260 e. The van der Waals surface area contributed by atoms with Gasteiger partial charge in [0.1, 0.15) is 11.3 Å². The average molecular weight is 580 g/mol. The zero-order valence-electron chi connectivity index (χ0n) is 21.4. The van der Waals surface area contributed by atoms with Crippen LogP contribution in [0.4, 0.5) is 5.13 Å². The predicted octanol–water partition coefficient (Wildman–Crippen LogP) is 4.58. The lowest BCUT2D eigenvalue weighted by molar-refractivity contribution is -0.0440. The topological polar surface area (TPSA) is 98.3 Å². The van der Waals surface area contributed by atoms with E-state index in [4.69, 9.17) is 30.8 Å². The number of morpholine rings is 1. The van der Waals surface area contributed by atoms with Crippen LogP contribution in [-0.4, -0.2) is 75.3 Å². The number of carbonyl (C=O) groups excluding carboxylic acids is 1. The summed E-state index contributed by atoms with van der Waals surface area (Å²) in [5, 5.41) is 0.996. The molecule has 3 heterocycles. The molecule has 5 rings (SSSR count). The number of amides is 1. The van der Waals surface area contributed by atoms with Crippen LogP contribution in [0, 0.1) is 0 Å². The van der Waals surface area contributed by atoms with Gasteiger partial charge in [0.25, 0.3) is 5.91 Å². The molecule has 2 saturated heterocycles. The van der Waals surface area contributed by atoms with Gasteiger partial charge < -0.3 is 14.2 Å². The molecule has 204 valence electrons. The maximum atomic E-state index is 13.8. The summed E-state index contributed by atoms with van der Waals surface area (Å²) in [6, 6.07) is 9.55. The first-order valence-electron chi connectivity index (χ1n) is 12.5. The van der Waals surface area contributed by atoms with Crippen LogP contribution in [0.25, 0.3) is 10.2 Å². The Labute approximate surface area is 231 Å². The highest BCUT2D eigenvalue weighted by Crippen LogP contribution is 2.39. The minimum atomic E-state index is -3.72. The first kappa shape index (κ1) is 27.3. The van der Waals surface area contributed by atoms with E-state index in [0.717, 1.165) is 17.5 Å². The van der Waals surface area contributed by atoms with Crippen LogP contribution in [0.3, 0.4) is 0 Å². The fourth-order valence-electron chi connectivity index (χ4n) is 4.86. The van der Waals surface area contributed by atoms with Crippen molar-refractivity contribution in [2.24, 2.45) is 0 Å². The molecule has 2 aromatic carbocycles. The van der Waals surface area contributed by atoms with Crippen molar-refractivity contribution in [3.8, 4) is 5.75 Å². The number of anilines is 1. The molecule has 0 bridgehead atoms. The zero-order chi connectivity index (χ0) is 27.0. The van der Waals surface area contributed by atoms with Gasteiger partial charge in [0.2, 0.25) is 10.0 Å². The molecule has 2 aliphatic rings. The molecule has 0 radical (unpaired) electrons. The molecule has 0 aliphatic carbocycles. The number of methoxy groups -OCH3 is 1. The lowest BCUT2D eigenvalue weighted by atomic mass is 10.2. The molecule has 0 spiro atoms. The number of rotatable bonds is 7. The Bertz CT molecular complexity index is 1410. The lowest BCUT2D eigenvalue weighted by Crippen LogP contribution is -2.48. The standard InChI is InChI=1S/C26H30ClN3O6S2/c1-16-13-29(14-17(2)36-16)38(32,33)20-8-6-18(7-9-20)25(31)30(15-19-5-4-12-35-19)26-28-23-22(34-3)11-10-21(27)24(23)37-26/h6-11,16-17,19H,4-5,12-15H2,1-3H3. The number of hydrogen-bond acceptors (Lipinski definition) is 8. The van der Waals surface area contributed by atoms with E-state index in [9.17, 15) is 13.2 Å². The van der Waals surface area contributed by atoms with Crippen LogP contribution in [0.1, 0.15) is 37.0 Å². The van der Waals surface area contributed by atoms with E-state index in [1.807, 2.05) is 13.8 Å². The van der Waals surface area contributed by atoms with Crippen LogP contribution in [0.5, 0.6) is 5.75 Å². The van der Waals surface area contributed by atoms with Crippen molar-refractivity contribution < 1.29 is 27.4 Å². The van der Waals surface area contributed by atoms with E-state index in [1.165, 1.54) is 27.8 Å². The Morgan fingerprint density at radius 1 is 1.18 bits per heavy atom. The third-order valence-electron chi connectivity index (χ3n) is 6.68.